The summed E-state index contributed by atoms with van der Waals surface area (Å²) in [5.74, 6) is 0.140. The molecule has 4 nitrogen and oxygen atoms in total. The quantitative estimate of drug-likeness (QED) is 0.304. The zero-order valence-electron chi connectivity index (χ0n) is 23.5. The fourth-order valence-corrected chi connectivity index (χ4v) is 4.44. The van der Waals surface area contributed by atoms with Crippen molar-refractivity contribution in [1.29, 1.82) is 0 Å². The van der Waals surface area contributed by atoms with Crippen LogP contribution in [0.25, 0.3) is 0 Å². The van der Waals surface area contributed by atoms with Crippen LogP contribution in [0.2, 0.25) is 0 Å². The fourth-order valence-electron chi connectivity index (χ4n) is 4.44. The molecule has 1 unspecified atom stereocenters. The fraction of sp³-hybridized carbons (Fsp3) is 0.963. The maximum Gasteiger partial charge on any atom is 0.225 e. The predicted molar refractivity (Wildman–Crippen MR) is 136 cm³/mol. The number of hydrogen-bond donors (Lipinski definition) is 1. The Labute approximate surface area is 195 Å². The van der Waals surface area contributed by atoms with Crippen molar-refractivity contribution >= 4 is 5.91 Å². The van der Waals surface area contributed by atoms with Gasteiger partial charge < -0.3 is 14.8 Å². The van der Waals surface area contributed by atoms with Gasteiger partial charge in [0.2, 0.25) is 5.91 Å². The second kappa shape index (κ2) is 14.5. The van der Waals surface area contributed by atoms with Crippen LogP contribution in [-0.2, 0) is 14.3 Å². The van der Waals surface area contributed by atoms with E-state index in [4.69, 9.17) is 9.47 Å². The third-order valence-electron chi connectivity index (χ3n) is 5.18. The van der Waals surface area contributed by atoms with Crippen LogP contribution < -0.4 is 5.32 Å². The standard InChI is InChI=1S/C25H51NO3.C2H6/c1-12-16-29-25(10,11)14-17-28-20(2)13-15-26-21(27)24(8,9)19-23(6,7)18-22(3,4)5;1-2/h20H,12-19H2,1-11H3,(H,26,27);1-2H3. The number of carbonyl (C=O) groups excluding carboxylic acids is 1. The third-order valence-corrected chi connectivity index (χ3v) is 5.18. The number of amides is 1. The van der Waals surface area contributed by atoms with E-state index in [1.165, 1.54) is 0 Å². The molecule has 0 saturated heterocycles. The van der Waals surface area contributed by atoms with Crippen molar-refractivity contribution in [2.45, 2.75) is 134 Å². The molecule has 0 saturated carbocycles. The normalized spacial score (nSPS) is 14.0. The smallest absolute Gasteiger partial charge is 0.225 e. The highest BCUT2D eigenvalue weighted by Gasteiger charge is 2.36. The van der Waals surface area contributed by atoms with Crippen molar-refractivity contribution in [1.82, 2.24) is 5.32 Å². The first kappa shape index (κ1) is 32.6. The van der Waals surface area contributed by atoms with Crippen LogP contribution >= 0.6 is 0 Å². The van der Waals surface area contributed by atoms with Crippen molar-refractivity contribution in [2.24, 2.45) is 16.2 Å². The molecule has 0 spiro atoms. The minimum atomic E-state index is -0.376. The molecule has 0 heterocycles. The summed E-state index contributed by atoms with van der Waals surface area (Å²) in [7, 11) is 0. The Hall–Kier alpha value is -0.610. The Morgan fingerprint density at radius 3 is 1.94 bits per heavy atom. The van der Waals surface area contributed by atoms with Gasteiger partial charge in [0.25, 0.3) is 0 Å². The van der Waals surface area contributed by atoms with Gasteiger partial charge in [-0.1, -0.05) is 69.2 Å². The van der Waals surface area contributed by atoms with E-state index in [0.717, 1.165) is 38.7 Å². The second-order valence-electron chi connectivity index (χ2n) is 12.0. The van der Waals surface area contributed by atoms with E-state index < -0.39 is 0 Å². The molecule has 0 bridgehead atoms. The van der Waals surface area contributed by atoms with E-state index in [-0.39, 0.29) is 33.9 Å². The predicted octanol–water partition coefficient (Wildman–Crippen LogP) is 7.40. The first-order valence-corrected chi connectivity index (χ1v) is 12.5. The number of carbonyl (C=O) groups is 1. The zero-order chi connectivity index (χ0) is 24.9. The summed E-state index contributed by atoms with van der Waals surface area (Å²) in [5, 5.41) is 3.13. The topological polar surface area (TPSA) is 47.6 Å². The van der Waals surface area contributed by atoms with Gasteiger partial charge in [-0.25, -0.2) is 0 Å². The molecule has 4 heteroatoms. The van der Waals surface area contributed by atoms with Crippen molar-refractivity contribution in [3.8, 4) is 0 Å². The minimum absolute atomic E-state index is 0.123. The lowest BCUT2D eigenvalue weighted by molar-refractivity contribution is -0.131. The van der Waals surface area contributed by atoms with E-state index in [9.17, 15) is 4.79 Å². The summed E-state index contributed by atoms with van der Waals surface area (Å²) < 4.78 is 11.8. The Kier molecular flexibility index (Phi) is 15.3. The van der Waals surface area contributed by atoms with Gasteiger partial charge in [0.05, 0.1) is 11.7 Å². The molecular weight excluding hydrogens is 386 g/mol. The molecule has 0 aliphatic heterocycles. The van der Waals surface area contributed by atoms with E-state index in [1.54, 1.807) is 0 Å². The van der Waals surface area contributed by atoms with Crippen LogP contribution in [0.5, 0.6) is 0 Å². The summed E-state index contributed by atoms with van der Waals surface area (Å²) in [6, 6.07) is 0. The minimum Gasteiger partial charge on any atom is -0.378 e. The third kappa shape index (κ3) is 17.6. The number of ether oxygens (including phenoxy) is 2. The lowest BCUT2D eigenvalue weighted by Crippen LogP contribution is -2.41. The monoisotopic (exact) mass is 443 g/mol. The van der Waals surface area contributed by atoms with Gasteiger partial charge >= 0.3 is 0 Å². The van der Waals surface area contributed by atoms with E-state index in [2.05, 4.69) is 81.5 Å². The van der Waals surface area contributed by atoms with Crippen LogP contribution in [-0.4, -0.2) is 37.4 Å². The average molecular weight is 444 g/mol. The lowest BCUT2D eigenvalue weighted by atomic mass is 9.68. The highest BCUT2D eigenvalue weighted by atomic mass is 16.5. The van der Waals surface area contributed by atoms with Crippen LogP contribution in [0.3, 0.4) is 0 Å². The van der Waals surface area contributed by atoms with Gasteiger partial charge in [0, 0.05) is 25.2 Å². The molecule has 1 amide bonds. The SMILES string of the molecule is CC.CCCOC(C)(C)CCOC(C)CCNC(=O)C(C)(C)CC(C)(C)CC(C)(C)C. The van der Waals surface area contributed by atoms with Crippen molar-refractivity contribution in [3.05, 3.63) is 0 Å². The van der Waals surface area contributed by atoms with E-state index in [1.807, 2.05) is 13.8 Å². The zero-order valence-corrected chi connectivity index (χ0v) is 23.5. The summed E-state index contributed by atoms with van der Waals surface area (Å²) >= 11 is 0. The molecule has 0 radical (unpaired) electrons. The van der Waals surface area contributed by atoms with Crippen molar-refractivity contribution in [3.63, 3.8) is 0 Å². The summed E-state index contributed by atoms with van der Waals surface area (Å²) in [5.41, 5.74) is -0.131. The molecule has 1 atom stereocenters. The Morgan fingerprint density at radius 1 is 0.903 bits per heavy atom. The molecule has 0 aromatic heterocycles. The molecule has 188 valence electrons. The van der Waals surface area contributed by atoms with Gasteiger partial charge in [0.15, 0.2) is 0 Å². The molecule has 1 N–H and O–H groups in total. The van der Waals surface area contributed by atoms with E-state index in [0.29, 0.717) is 13.2 Å². The van der Waals surface area contributed by atoms with Gasteiger partial charge in [0.1, 0.15) is 0 Å². The number of hydrogen-bond acceptors (Lipinski definition) is 3. The molecular formula is C27H57NO3. The Bertz CT molecular complexity index is 475. The first-order valence-electron chi connectivity index (χ1n) is 12.5. The summed E-state index contributed by atoms with van der Waals surface area (Å²) in [6.45, 7) is 30.0. The van der Waals surface area contributed by atoms with Gasteiger partial charge in [-0.05, 0) is 63.7 Å². The number of nitrogens with one attached hydrogen (secondary N) is 1. The van der Waals surface area contributed by atoms with Crippen LogP contribution in [0, 0.1) is 16.2 Å². The number of rotatable bonds is 14. The summed E-state index contributed by atoms with van der Waals surface area (Å²) in [4.78, 5) is 12.8. The highest BCUT2D eigenvalue weighted by molar-refractivity contribution is 5.81. The maximum absolute atomic E-state index is 12.8. The van der Waals surface area contributed by atoms with Gasteiger partial charge in [-0.3, -0.25) is 4.79 Å². The van der Waals surface area contributed by atoms with E-state index >= 15 is 0 Å². The van der Waals surface area contributed by atoms with Gasteiger partial charge in [-0.2, -0.15) is 0 Å². The molecule has 0 aliphatic rings. The van der Waals surface area contributed by atoms with Crippen LogP contribution in [0.4, 0.5) is 0 Å². The largest absolute Gasteiger partial charge is 0.378 e. The molecule has 0 aromatic carbocycles. The second-order valence-corrected chi connectivity index (χ2v) is 12.0. The Morgan fingerprint density at radius 2 is 1.45 bits per heavy atom. The van der Waals surface area contributed by atoms with Crippen LogP contribution in [0.15, 0.2) is 0 Å². The Balaban J connectivity index is 0. The molecule has 0 rings (SSSR count). The first-order chi connectivity index (χ1) is 14.0. The van der Waals surface area contributed by atoms with Gasteiger partial charge in [-0.15, -0.1) is 0 Å². The molecule has 0 aromatic rings. The van der Waals surface area contributed by atoms with Crippen LogP contribution in [0.1, 0.15) is 122 Å². The molecule has 0 aliphatic carbocycles. The maximum atomic E-state index is 12.8. The molecule has 31 heavy (non-hydrogen) atoms. The lowest BCUT2D eigenvalue weighted by Gasteiger charge is -2.38. The van der Waals surface area contributed by atoms with Crippen molar-refractivity contribution < 1.29 is 14.3 Å². The molecule has 0 fully saturated rings. The highest BCUT2D eigenvalue weighted by Crippen LogP contribution is 2.41. The average Bonchev–Trinajstić information content (AvgIpc) is 2.58. The van der Waals surface area contributed by atoms with Crippen molar-refractivity contribution in [2.75, 3.05) is 19.8 Å². The summed E-state index contributed by atoms with van der Waals surface area (Å²) in [6.07, 6.45) is 4.83.